The van der Waals surface area contributed by atoms with Crippen molar-refractivity contribution in [1.82, 2.24) is 5.43 Å². The fraction of sp³-hybridized carbons (Fsp3) is 0.467. The fourth-order valence-corrected chi connectivity index (χ4v) is 3.25. The summed E-state index contributed by atoms with van der Waals surface area (Å²) >= 11 is 1.65. The van der Waals surface area contributed by atoms with Gasteiger partial charge in [-0.3, -0.25) is 11.3 Å². The molecular weight excluding hydrogens is 275 g/mol. The predicted molar refractivity (Wildman–Crippen MR) is 82.2 cm³/mol. The van der Waals surface area contributed by atoms with Crippen molar-refractivity contribution >= 4 is 21.4 Å². The van der Waals surface area contributed by atoms with Gasteiger partial charge in [0.25, 0.3) is 0 Å². The molecule has 1 heterocycles. The Kier molecular flexibility index (Phi) is 4.75. The first-order chi connectivity index (χ1) is 9.45. The second-order valence-corrected chi connectivity index (χ2v) is 6.67. The van der Waals surface area contributed by atoms with Crippen LogP contribution in [0.2, 0.25) is 0 Å². The largest absolute Gasteiger partial charge is 0.379 e. The van der Waals surface area contributed by atoms with E-state index in [2.05, 4.69) is 19.3 Å². The van der Waals surface area contributed by atoms with E-state index in [1.54, 1.807) is 24.5 Å². The van der Waals surface area contributed by atoms with Gasteiger partial charge in [-0.2, -0.15) is 0 Å². The molecule has 3 N–H and O–H groups in total. The number of halogens is 1. The first-order valence-corrected chi connectivity index (χ1v) is 7.47. The molecule has 1 aromatic heterocycles. The highest BCUT2D eigenvalue weighted by molar-refractivity contribution is 7.19. The number of methoxy groups -OCH3 is 1. The first kappa shape index (κ1) is 15.4. The molecule has 110 valence electrons. The number of nitrogens with two attached hydrogens (primary N) is 1. The van der Waals surface area contributed by atoms with E-state index in [0.29, 0.717) is 0 Å². The van der Waals surface area contributed by atoms with Crippen LogP contribution in [0.3, 0.4) is 0 Å². The highest BCUT2D eigenvalue weighted by atomic mass is 32.1. The fourth-order valence-electron chi connectivity index (χ4n) is 2.11. The quantitative estimate of drug-likeness (QED) is 0.630. The van der Waals surface area contributed by atoms with Crippen LogP contribution in [0.25, 0.3) is 10.1 Å². The van der Waals surface area contributed by atoms with Gasteiger partial charge in [0.15, 0.2) is 0 Å². The molecular formula is C15H21FN2OS. The van der Waals surface area contributed by atoms with Gasteiger partial charge in [0.1, 0.15) is 5.82 Å². The summed E-state index contributed by atoms with van der Waals surface area (Å²) < 4.78 is 19.7. The van der Waals surface area contributed by atoms with Crippen molar-refractivity contribution in [3.8, 4) is 0 Å². The zero-order valence-electron chi connectivity index (χ0n) is 12.1. The summed E-state index contributed by atoms with van der Waals surface area (Å²) in [6, 6.07) is 6.92. The van der Waals surface area contributed by atoms with Crippen LogP contribution in [0.4, 0.5) is 4.39 Å². The van der Waals surface area contributed by atoms with Crippen molar-refractivity contribution in [2.24, 2.45) is 5.84 Å². The second kappa shape index (κ2) is 6.18. The Bertz CT molecular complexity index is 582. The summed E-state index contributed by atoms with van der Waals surface area (Å²) in [5.41, 5.74) is 2.68. The van der Waals surface area contributed by atoms with Crippen LogP contribution < -0.4 is 11.3 Å². The predicted octanol–water partition coefficient (Wildman–Crippen LogP) is 3.75. The SMILES string of the molecule is COC(C)(C)CCC(NN)c1cc2cc(F)ccc2s1. The van der Waals surface area contributed by atoms with E-state index in [1.165, 1.54) is 6.07 Å². The molecule has 0 bridgehead atoms. The van der Waals surface area contributed by atoms with Crippen LogP contribution >= 0.6 is 11.3 Å². The Morgan fingerprint density at radius 2 is 2.15 bits per heavy atom. The minimum absolute atomic E-state index is 0.0601. The Balaban J connectivity index is 2.17. The third-order valence-corrected chi connectivity index (χ3v) is 4.86. The van der Waals surface area contributed by atoms with Gasteiger partial charge in [-0.05, 0) is 56.3 Å². The van der Waals surface area contributed by atoms with Gasteiger partial charge in [-0.1, -0.05) is 0 Å². The third-order valence-electron chi connectivity index (χ3n) is 3.63. The molecule has 0 radical (unpaired) electrons. The van der Waals surface area contributed by atoms with Crippen molar-refractivity contribution in [1.29, 1.82) is 0 Å². The average molecular weight is 296 g/mol. The normalized spacial score (nSPS) is 13.8. The smallest absolute Gasteiger partial charge is 0.123 e. The number of fused-ring (bicyclic) bond motifs is 1. The second-order valence-electron chi connectivity index (χ2n) is 5.55. The number of nitrogens with one attached hydrogen (secondary N) is 1. The summed E-state index contributed by atoms with van der Waals surface area (Å²) in [6.45, 7) is 4.11. The Labute approximate surface area is 122 Å². The molecule has 1 atom stereocenters. The number of hydrazine groups is 1. The minimum Gasteiger partial charge on any atom is -0.379 e. The molecule has 0 spiro atoms. The highest BCUT2D eigenvalue weighted by Gasteiger charge is 2.21. The lowest BCUT2D eigenvalue weighted by atomic mass is 9.98. The van der Waals surface area contributed by atoms with E-state index < -0.39 is 0 Å². The highest BCUT2D eigenvalue weighted by Crippen LogP contribution is 2.33. The molecule has 0 amide bonds. The van der Waals surface area contributed by atoms with Crippen LogP contribution in [0.5, 0.6) is 0 Å². The molecule has 0 aliphatic heterocycles. The minimum atomic E-state index is -0.209. The molecule has 0 saturated carbocycles. The summed E-state index contributed by atoms with van der Waals surface area (Å²) in [6.07, 6.45) is 1.76. The van der Waals surface area contributed by atoms with Crippen LogP contribution in [-0.2, 0) is 4.74 Å². The number of hydrogen-bond acceptors (Lipinski definition) is 4. The van der Waals surface area contributed by atoms with E-state index in [1.807, 2.05) is 12.1 Å². The molecule has 0 aliphatic rings. The number of hydrogen-bond donors (Lipinski definition) is 2. The number of rotatable bonds is 6. The molecule has 1 unspecified atom stereocenters. The summed E-state index contributed by atoms with van der Waals surface area (Å²) in [5.74, 6) is 5.46. The molecule has 1 aromatic carbocycles. The Morgan fingerprint density at radius 1 is 1.40 bits per heavy atom. The maximum atomic E-state index is 13.2. The number of thiophene rings is 1. The number of benzene rings is 1. The van der Waals surface area contributed by atoms with Gasteiger partial charge in [0.2, 0.25) is 0 Å². The van der Waals surface area contributed by atoms with Gasteiger partial charge in [-0.25, -0.2) is 4.39 Å². The maximum absolute atomic E-state index is 13.2. The van der Waals surface area contributed by atoms with E-state index in [9.17, 15) is 4.39 Å². The average Bonchev–Trinajstić information content (AvgIpc) is 2.82. The van der Waals surface area contributed by atoms with E-state index >= 15 is 0 Å². The van der Waals surface area contributed by atoms with E-state index in [4.69, 9.17) is 10.6 Å². The molecule has 0 fully saturated rings. The molecule has 0 saturated heterocycles. The zero-order chi connectivity index (χ0) is 14.8. The van der Waals surface area contributed by atoms with Gasteiger partial charge in [0, 0.05) is 16.7 Å². The van der Waals surface area contributed by atoms with Crippen LogP contribution in [-0.4, -0.2) is 12.7 Å². The molecule has 2 aromatic rings. The summed E-state index contributed by atoms with van der Waals surface area (Å²) in [5, 5.41) is 0.927. The lowest BCUT2D eigenvalue weighted by Gasteiger charge is -2.25. The van der Waals surface area contributed by atoms with Crippen molar-refractivity contribution in [3.05, 3.63) is 35.0 Å². The van der Waals surface area contributed by atoms with Crippen LogP contribution in [0.1, 0.15) is 37.6 Å². The molecule has 5 heteroatoms. The molecule has 0 aliphatic carbocycles. The van der Waals surface area contributed by atoms with Crippen molar-refractivity contribution in [2.45, 2.75) is 38.3 Å². The Hall–Kier alpha value is -1.01. The maximum Gasteiger partial charge on any atom is 0.123 e. The monoisotopic (exact) mass is 296 g/mol. The van der Waals surface area contributed by atoms with Gasteiger partial charge in [0.05, 0.1) is 11.6 Å². The van der Waals surface area contributed by atoms with Crippen LogP contribution in [0, 0.1) is 5.82 Å². The molecule has 3 nitrogen and oxygen atoms in total. The Morgan fingerprint density at radius 3 is 2.80 bits per heavy atom. The van der Waals surface area contributed by atoms with E-state index in [0.717, 1.165) is 27.8 Å². The van der Waals surface area contributed by atoms with Gasteiger partial charge < -0.3 is 4.74 Å². The molecule has 2 rings (SSSR count). The lowest BCUT2D eigenvalue weighted by Crippen LogP contribution is -2.30. The topological polar surface area (TPSA) is 47.3 Å². The summed E-state index contributed by atoms with van der Waals surface area (Å²) in [7, 11) is 1.72. The van der Waals surface area contributed by atoms with Crippen molar-refractivity contribution in [3.63, 3.8) is 0 Å². The van der Waals surface area contributed by atoms with Crippen molar-refractivity contribution in [2.75, 3.05) is 7.11 Å². The van der Waals surface area contributed by atoms with E-state index in [-0.39, 0.29) is 17.5 Å². The number of ether oxygens (including phenoxy) is 1. The zero-order valence-corrected chi connectivity index (χ0v) is 12.9. The molecule has 20 heavy (non-hydrogen) atoms. The third kappa shape index (κ3) is 3.55. The first-order valence-electron chi connectivity index (χ1n) is 6.65. The van der Waals surface area contributed by atoms with Gasteiger partial charge in [-0.15, -0.1) is 11.3 Å². The van der Waals surface area contributed by atoms with Crippen molar-refractivity contribution < 1.29 is 9.13 Å². The summed E-state index contributed by atoms with van der Waals surface area (Å²) in [4.78, 5) is 1.13. The lowest BCUT2D eigenvalue weighted by molar-refractivity contribution is 0.0117. The van der Waals surface area contributed by atoms with Gasteiger partial charge >= 0.3 is 0 Å². The van der Waals surface area contributed by atoms with Crippen LogP contribution in [0.15, 0.2) is 24.3 Å². The standard InChI is InChI=1S/C15H21FN2OS/c1-15(2,19-3)7-6-12(18-17)14-9-10-8-11(16)4-5-13(10)20-14/h4-5,8-9,12,18H,6-7,17H2,1-3H3.